The van der Waals surface area contributed by atoms with Gasteiger partial charge in [0.05, 0.1) is 31.9 Å². The maximum atomic E-state index is 15.4. The molecule has 0 N–H and O–H groups in total. The fourth-order valence-electron chi connectivity index (χ4n) is 8.77. The minimum atomic E-state index is -3.99. The van der Waals surface area contributed by atoms with Gasteiger partial charge in [-0.1, -0.05) is 146 Å². The fourth-order valence-corrected chi connectivity index (χ4v) is 10.8. The normalized spacial score (nSPS) is 13.2. The zero-order chi connectivity index (χ0) is 35.3. The van der Waals surface area contributed by atoms with Crippen LogP contribution in [-0.2, 0) is 9.84 Å². The molecule has 0 saturated heterocycles. The highest BCUT2D eigenvalue weighted by Crippen LogP contribution is 2.53. The second kappa shape index (κ2) is 11.2. The summed E-state index contributed by atoms with van der Waals surface area (Å²) in [7, 11) is -3.99. The summed E-state index contributed by atoms with van der Waals surface area (Å²) in [5.41, 5.74) is 10.8. The Bertz CT molecular complexity index is 3020. The quantitative estimate of drug-likeness (QED) is 0.184. The topological polar surface area (TPSA) is 44.0 Å². The zero-order valence-corrected chi connectivity index (χ0v) is 29.3. The van der Waals surface area contributed by atoms with Crippen molar-refractivity contribution in [3.63, 3.8) is 0 Å². The molecule has 0 saturated carbocycles. The van der Waals surface area contributed by atoms with E-state index < -0.39 is 9.84 Å². The van der Waals surface area contributed by atoms with E-state index in [1.807, 2.05) is 84.9 Å². The van der Waals surface area contributed by atoms with E-state index >= 15 is 8.42 Å². The molecule has 0 aliphatic carbocycles. The van der Waals surface area contributed by atoms with Gasteiger partial charge < -0.3 is 9.13 Å². The first-order valence-corrected chi connectivity index (χ1v) is 19.3. The summed E-state index contributed by atoms with van der Waals surface area (Å²) in [6.07, 6.45) is 0. The van der Waals surface area contributed by atoms with E-state index in [1.54, 1.807) is 0 Å². The lowest BCUT2D eigenvalue weighted by atomic mass is 9.94. The Morgan fingerprint density at radius 2 is 0.623 bits per heavy atom. The van der Waals surface area contributed by atoms with Crippen molar-refractivity contribution in [3.05, 3.63) is 182 Å². The van der Waals surface area contributed by atoms with Crippen LogP contribution in [0.3, 0.4) is 0 Å². The molecule has 2 aromatic heterocycles. The first-order chi connectivity index (χ1) is 26.1. The Kier molecular flexibility index (Phi) is 6.31. The number of benzene rings is 8. The number of nitrogens with zero attached hydrogens (tertiary/aromatic N) is 2. The van der Waals surface area contributed by atoms with Gasteiger partial charge in [-0.25, -0.2) is 8.42 Å². The van der Waals surface area contributed by atoms with Gasteiger partial charge in [0, 0.05) is 66.3 Å². The van der Waals surface area contributed by atoms with Gasteiger partial charge in [0.25, 0.3) is 0 Å². The summed E-state index contributed by atoms with van der Waals surface area (Å²) in [6, 6.07) is 61.7. The molecule has 4 nitrogen and oxygen atoms in total. The highest BCUT2D eigenvalue weighted by Gasteiger charge is 2.39. The van der Waals surface area contributed by atoms with E-state index in [-0.39, 0.29) is 0 Å². The molecule has 10 aromatic rings. The van der Waals surface area contributed by atoms with Gasteiger partial charge in [0.1, 0.15) is 0 Å². The van der Waals surface area contributed by atoms with Crippen LogP contribution in [0.25, 0.3) is 88.4 Å². The lowest BCUT2D eigenvalue weighted by Gasteiger charge is -2.15. The van der Waals surface area contributed by atoms with Gasteiger partial charge in [-0.2, -0.15) is 0 Å². The summed E-state index contributed by atoms with van der Waals surface area (Å²) in [4.78, 5) is 0.714. The number of rotatable bonds is 4. The lowest BCUT2D eigenvalue weighted by molar-refractivity contribution is 0.599. The van der Waals surface area contributed by atoms with Crippen molar-refractivity contribution in [2.45, 2.75) is 9.79 Å². The monoisotopic (exact) mass is 698 g/mol. The van der Waals surface area contributed by atoms with Crippen LogP contribution < -0.4 is 0 Å². The highest BCUT2D eigenvalue weighted by molar-refractivity contribution is 7.92. The van der Waals surface area contributed by atoms with E-state index in [2.05, 4.69) is 106 Å². The Morgan fingerprint density at radius 1 is 0.302 bits per heavy atom. The zero-order valence-electron chi connectivity index (χ0n) is 28.4. The number of fused-ring (bicyclic) bond motifs is 9. The maximum absolute atomic E-state index is 15.4. The second-order valence-electron chi connectivity index (χ2n) is 13.6. The molecule has 0 atom stereocenters. The number of sulfone groups is 1. The van der Waals surface area contributed by atoms with Crippen molar-refractivity contribution in [2.24, 2.45) is 0 Å². The van der Waals surface area contributed by atoms with Gasteiger partial charge in [-0.05, 0) is 36.4 Å². The van der Waals surface area contributed by atoms with E-state index in [1.165, 1.54) is 0 Å². The Balaban J connectivity index is 1.20. The number of hydrogen-bond acceptors (Lipinski definition) is 2. The molecule has 0 radical (unpaired) electrons. The fraction of sp³-hybridized carbons (Fsp3) is 0. The lowest BCUT2D eigenvalue weighted by Crippen LogP contribution is -2.03. The van der Waals surface area contributed by atoms with Crippen LogP contribution in [0, 0.1) is 0 Å². The molecule has 8 aromatic carbocycles. The van der Waals surface area contributed by atoms with Gasteiger partial charge in [-0.15, -0.1) is 0 Å². The minimum absolute atomic E-state index is 0.357. The molecule has 0 spiro atoms. The van der Waals surface area contributed by atoms with Crippen molar-refractivity contribution < 1.29 is 8.42 Å². The molecule has 0 unspecified atom stereocenters. The van der Waals surface area contributed by atoms with E-state index in [0.717, 1.165) is 77.2 Å². The molecule has 3 heterocycles. The first kappa shape index (κ1) is 30.0. The van der Waals surface area contributed by atoms with Crippen LogP contribution in [0.15, 0.2) is 192 Å². The second-order valence-corrected chi connectivity index (χ2v) is 15.5. The summed E-state index contributed by atoms with van der Waals surface area (Å²) in [5, 5.41) is 4.40. The van der Waals surface area contributed by atoms with Crippen molar-refractivity contribution >= 4 is 53.4 Å². The number of aromatic nitrogens is 2. The predicted octanol–water partition coefficient (Wildman–Crippen LogP) is 12.0. The molecule has 0 bridgehead atoms. The number of hydrogen-bond donors (Lipinski definition) is 0. The molecule has 1 aliphatic rings. The van der Waals surface area contributed by atoms with E-state index in [0.29, 0.717) is 20.9 Å². The summed E-state index contributed by atoms with van der Waals surface area (Å²) < 4.78 is 35.3. The average Bonchev–Trinajstić information content (AvgIpc) is 3.82. The van der Waals surface area contributed by atoms with Crippen molar-refractivity contribution in [2.75, 3.05) is 0 Å². The summed E-state index contributed by atoms with van der Waals surface area (Å²) in [5.74, 6) is 0. The Morgan fingerprint density at radius 3 is 1.06 bits per heavy atom. The van der Waals surface area contributed by atoms with Crippen molar-refractivity contribution in [1.29, 1.82) is 0 Å². The molecule has 5 heteroatoms. The molecule has 11 rings (SSSR count). The van der Waals surface area contributed by atoms with Crippen LogP contribution >= 0.6 is 0 Å². The van der Waals surface area contributed by atoms with E-state index in [9.17, 15) is 0 Å². The summed E-state index contributed by atoms with van der Waals surface area (Å²) in [6.45, 7) is 0. The third-order valence-corrected chi connectivity index (χ3v) is 12.8. The first-order valence-electron chi connectivity index (χ1n) is 17.8. The van der Waals surface area contributed by atoms with E-state index in [4.69, 9.17) is 0 Å². The molecule has 0 fully saturated rings. The molecular weight excluding hydrogens is 669 g/mol. The van der Waals surface area contributed by atoms with Gasteiger partial charge >= 0.3 is 0 Å². The Hall–Kier alpha value is -6.69. The van der Waals surface area contributed by atoms with Gasteiger partial charge in [0.2, 0.25) is 9.84 Å². The molecular formula is C48H30N2O2S. The highest BCUT2D eigenvalue weighted by atomic mass is 32.2. The average molecular weight is 699 g/mol. The van der Waals surface area contributed by atoms with Crippen LogP contribution in [-0.4, -0.2) is 17.6 Å². The summed E-state index contributed by atoms with van der Waals surface area (Å²) >= 11 is 0. The largest absolute Gasteiger partial charge is 0.309 e. The van der Waals surface area contributed by atoms with Gasteiger partial charge in [0.15, 0.2) is 0 Å². The Labute approximate surface area is 306 Å². The van der Waals surface area contributed by atoms with Crippen LogP contribution in [0.1, 0.15) is 0 Å². The minimum Gasteiger partial charge on any atom is -0.309 e. The SMILES string of the molecule is O=S1(=O)c2c(cccc2-c2cccc3c4ccccc4n(-c4ccccc4)c23)-c2cccc(-c3cccc4c5ccccc5n(-c5ccccc5)c34)c21. The smallest absolute Gasteiger partial charge is 0.209 e. The third-order valence-electron chi connectivity index (χ3n) is 10.9. The number of para-hydroxylation sites is 6. The maximum Gasteiger partial charge on any atom is 0.209 e. The van der Waals surface area contributed by atoms with Crippen LogP contribution in [0.5, 0.6) is 0 Å². The van der Waals surface area contributed by atoms with Crippen molar-refractivity contribution in [1.82, 2.24) is 9.13 Å². The molecule has 250 valence electrons. The molecule has 53 heavy (non-hydrogen) atoms. The standard InChI is InChI=1S/C48H30N2O2S/c51-53(52)47-39(37-23-11-21-35-33-19-7-9-29-43(33)49(45(35)37)31-15-3-1-4-16-31)25-13-27-41(47)42-28-14-26-40(48(42)53)38-24-12-22-36-34-20-8-10-30-44(34)50(46(36)38)32-17-5-2-6-18-32/h1-30H. The van der Waals surface area contributed by atoms with Gasteiger partial charge in [-0.3, -0.25) is 0 Å². The molecule has 0 amide bonds. The van der Waals surface area contributed by atoms with Crippen LogP contribution in [0.4, 0.5) is 0 Å². The van der Waals surface area contributed by atoms with Crippen LogP contribution in [0.2, 0.25) is 0 Å². The molecule has 1 aliphatic heterocycles. The van der Waals surface area contributed by atoms with Crippen molar-refractivity contribution in [3.8, 4) is 44.8 Å². The third kappa shape index (κ3) is 4.14. The predicted molar refractivity (Wildman–Crippen MR) is 217 cm³/mol.